The third-order valence-corrected chi connectivity index (χ3v) is 5.72. The van der Waals surface area contributed by atoms with Crippen LogP contribution in [0.25, 0.3) is 10.2 Å². The Morgan fingerprint density at radius 2 is 1.96 bits per heavy atom. The minimum atomic E-state index is 0.941. The number of rotatable bonds is 5. The molecule has 1 aromatic heterocycles. The lowest BCUT2D eigenvalue weighted by Crippen LogP contribution is -2.07. The molecule has 0 saturated carbocycles. The molecule has 1 heterocycles. The molecule has 1 N–H and O–H groups in total. The zero-order chi connectivity index (χ0) is 16.4. The monoisotopic (exact) mass is 334 g/mol. The number of nitrogens with one attached hydrogen (secondary N) is 1. The Bertz CT molecular complexity index is 845. The lowest BCUT2D eigenvalue weighted by Gasteiger charge is -2.19. The van der Waals surface area contributed by atoms with Crippen LogP contribution in [0.4, 0.5) is 5.13 Å². The van der Waals surface area contributed by atoms with Crippen molar-refractivity contribution in [2.75, 3.05) is 5.32 Å². The zero-order valence-corrected chi connectivity index (χ0v) is 14.7. The number of aromatic nitrogens is 1. The molecule has 3 heteroatoms. The van der Waals surface area contributed by atoms with Gasteiger partial charge in [0.25, 0.3) is 0 Å². The first kappa shape index (κ1) is 15.4. The number of fused-ring (bicyclic) bond motifs is 2. The minimum absolute atomic E-state index is 0.941. The summed E-state index contributed by atoms with van der Waals surface area (Å²) in [5.41, 5.74) is 6.75. The molecule has 1 aliphatic carbocycles. The maximum Gasteiger partial charge on any atom is 0.188 e. The summed E-state index contributed by atoms with van der Waals surface area (Å²) in [5.74, 6) is 0. The molecule has 2 nitrogen and oxygen atoms in total. The number of para-hydroxylation sites is 1. The van der Waals surface area contributed by atoms with Gasteiger partial charge < -0.3 is 5.32 Å². The molecule has 2 aromatic carbocycles. The van der Waals surface area contributed by atoms with Crippen molar-refractivity contribution in [1.82, 2.24) is 4.98 Å². The van der Waals surface area contributed by atoms with Crippen LogP contribution in [0.5, 0.6) is 0 Å². The highest BCUT2D eigenvalue weighted by Crippen LogP contribution is 2.28. The van der Waals surface area contributed by atoms with E-state index in [4.69, 9.17) is 0 Å². The van der Waals surface area contributed by atoms with Gasteiger partial charge in [-0.25, -0.2) is 4.98 Å². The topological polar surface area (TPSA) is 24.9 Å². The molecule has 0 radical (unpaired) electrons. The average molecular weight is 334 g/mol. The van der Waals surface area contributed by atoms with Gasteiger partial charge in [0.05, 0.1) is 10.2 Å². The smallest absolute Gasteiger partial charge is 0.188 e. The third kappa shape index (κ3) is 3.22. The summed E-state index contributed by atoms with van der Waals surface area (Å²) >= 11 is 1.69. The SMILES string of the molecule is C=C(CCc1cccc2c1CCCC2)Nc1nc2ccccc2s1. The summed E-state index contributed by atoms with van der Waals surface area (Å²) in [7, 11) is 0. The molecule has 0 atom stereocenters. The fourth-order valence-electron chi connectivity index (χ4n) is 3.52. The second kappa shape index (κ2) is 6.78. The maximum absolute atomic E-state index is 4.62. The predicted octanol–water partition coefficient (Wildman–Crippen LogP) is 5.73. The van der Waals surface area contributed by atoms with Crippen LogP contribution >= 0.6 is 11.3 Å². The van der Waals surface area contributed by atoms with Crippen LogP contribution in [0.2, 0.25) is 0 Å². The van der Waals surface area contributed by atoms with Gasteiger partial charge in [-0.05, 0) is 67.3 Å². The van der Waals surface area contributed by atoms with Gasteiger partial charge in [-0.15, -0.1) is 0 Å². The van der Waals surface area contributed by atoms with Crippen LogP contribution < -0.4 is 5.32 Å². The van der Waals surface area contributed by atoms with Gasteiger partial charge in [0, 0.05) is 5.70 Å². The quantitative estimate of drug-likeness (QED) is 0.644. The van der Waals surface area contributed by atoms with Crippen LogP contribution in [0, 0.1) is 0 Å². The number of hydrogen-bond acceptors (Lipinski definition) is 3. The van der Waals surface area contributed by atoms with Gasteiger partial charge in [-0.3, -0.25) is 0 Å². The molecule has 0 bridgehead atoms. The molecule has 0 spiro atoms. The minimum Gasteiger partial charge on any atom is -0.336 e. The molecule has 1 aliphatic rings. The Kier molecular flexibility index (Phi) is 4.35. The number of allylic oxidation sites excluding steroid dienone is 1. The second-order valence-corrected chi connectivity index (χ2v) is 7.51. The fraction of sp³-hybridized carbons (Fsp3) is 0.286. The first-order chi connectivity index (χ1) is 11.8. The number of hydrogen-bond donors (Lipinski definition) is 1. The third-order valence-electron chi connectivity index (χ3n) is 4.77. The van der Waals surface area contributed by atoms with E-state index in [0.717, 1.165) is 29.2 Å². The number of benzene rings is 2. The second-order valence-electron chi connectivity index (χ2n) is 6.48. The molecule has 122 valence electrons. The standard InChI is InChI=1S/C21H22N2S/c1-15(22-21-23-19-11-4-5-12-20(19)24-21)13-14-17-9-6-8-16-7-2-3-10-18(16)17/h4-6,8-9,11-12H,1-3,7,10,13-14H2,(H,22,23). The fourth-order valence-corrected chi connectivity index (χ4v) is 4.43. The number of thiazole rings is 1. The maximum atomic E-state index is 4.62. The highest BCUT2D eigenvalue weighted by molar-refractivity contribution is 7.22. The van der Waals surface area contributed by atoms with Crippen LogP contribution in [-0.4, -0.2) is 4.98 Å². The molecular formula is C21H22N2S. The normalized spacial score (nSPS) is 13.7. The molecule has 0 saturated heterocycles. The average Bonchev–Trinajstić information content (AvgIpc) is 3.02. The van der Waals surface area contributed by atoms with Crippen LogP contribution in [-0.2, 0) is 19.3 Å². The Morgan fingerprint density at radius 3 is 2.88 bits per heavy atom. The van der Waals surface area contributed by atoms with Gasteiger partial charge in [-0.1, -0.05) is 48.2 Å². The number of aryl methyl sites for hydroxylation is 2. The van der Waals surface area contributed by atoms with Crippen LogP contribution in [0.1, 0.15) is 36.0 Å². The molecule has 0 aliphatic heterocycles. The molecule has 0 unspecified atom stereocenters. The largest absolute Gasteiger partial charge is 0.336 e. The molecule has 0 amide bonds. The van der Waals surface area contributed by atoms with Crippen molar-refractivity contribution in [2.45, 2.75) is 38.5 Å². The lowest BCUT2D eigenvalue weighted by molar-refractivity contribution is 0.677. The molecule has 24 heavy (non-hydrogen) atoms. The summed E-state index contributed by atoms with van der Waals surface area (Å²) in [6.45, 7) is 4.20. The number of nitrogens with zero attached hydrogens (tertiary/aromatic N) is 1. The van der Waals surface area contributed by atoms with Crippen molar-refractivity contribution < 1.29 is 0 Å². The Balaban J connectivity index is 1.42. The molecule has 4 rings (SSSR count). The van der Waals surface area contributed by atoms with Crippen molar-refractivity contribution in [2.24, 2.45) is 0 Å². The van der Waals surface area contributed by atoms with E-state index < -0.39 is 0 Å². The van der Waals surface area contributed by atoms with Crippen LogP contribution in [0.3, 0.4) is 0 Å². The first-order valence-corrected chi connectivity index (χ1v) is 9.51. The Hall–Kier alpha value is -2.13. The van der Waals surface area contributed by atoms with E-state index in [-0.39, 0.29) is 0 Å². The van der Waals surface area contributed by atoms with Crippen molar-refractivity contribution in [3.63, 3.8) is 0 Å². The summed E-state index contributed by atoms with van der Waals surface area (Å²) in [5, 5.41) is 4.34. The van der Waals surface area contributed by atoms with E-state index in [9.17, 15) is 0 Å². The summed E-state index contributed by atoms with van der Waals surface area (Å²) in [6, 6.07) is 15.0. The van der Waals surface area contributed by atoms with Gasteiger partial charge >= 0.3 is 0 Å². The van der Waals surface area contributed by atoms with Crippen molar-refractivity contribution in [3.05, 3.63) is 71.4 Å². The van der Waals surface area contributed by atoms with Gasteiger partial charge in [0.1, 0.15) is 0 Å². The molecule has 0 fully saturated rings. The summed E-state index contributed by atoms with van der Waals surface area (Å²) in [4.78, 5) is 4.62. The van der Waals surface area contributed by atoms with E-state index in [1.54, 1.807) is 22.5 Å². The van der Waals surface area contributed by atoms with Gasteiger partial charge in [0.2, 0.25) is 0 Å². The van der Waals surface area contributed by atoms with Crippen molar-refractivity contribution in [3.8, 4) is 0 Å². The Morgan fingerprint density at radius 1 is 1.08 bits per heavy atom. The van der Waals surface area contributed by atoms with Gasteiger partial charge in [0.15, 0.2) is 5.13 Å². The van der Waals surface area contributed by atoms with E-state index in [0.29, 0.717) is 0 Å². The van der Waals surface area contributed by atoms with Crippen molar-refractivity contribution >= 4 is 26.7 Å². The Labute approximate surface area is 147 Å². The number of anilines is 1. The van der Waals surface area contributed by atoms with Crippen molar-refractivity contribution in [1.29, 1.82) is 0 Å². The zero-order valence-electron chi connectivity index (χ0n) is 13.8. The molecular weight excluding hydrogens is 312 g/mol. The predicted molar refractivity (Wildman–Crippen MR) is 104 cm³/mol. The van der Waals surface area contributed by atoms with E-state index in [2.05, 4.69) is 53.3 Å². The van der Waals surface area contributed by atoms with Gasteiger partial charge in [-0.2, -0.15) is 0 Å². The molecule has 3 aromatic rings. The summed E-state index contributed by atoms with van der Waals surface area (Å²) in [6.07, 6.45) is 7.15. The highest BCUT2D eigenvalue weighted by atomic mass is 32.1. The van der Waals surface area contributed by atoms with E-state index in [1.165, 1.54) is 35.9 Å². The van der Waals surface area contributed by atoms with E-state index >= 15 is 0 Å². The van der Waals surface area contributed by atoms with E-state index in [1.807, 2.05) is 6.07 Å². The highest BCUT2D eigenvalue weighted by Gasteiger charge is 2.13. The van der Waals surface area contributed by atoms with Crippen LogP contribution in [0.15, 0.2) is 54.7 Å². The first-order valence-electron chi connectivity index (χ1n) is 8.69. The summed E-state index contributed by atoms with van der Waals surface area (Å²) < 4.78 is 1.21. The lowest BCUT2D eigenvalue weighted by atomic mass is 9.87.